The third-order valence-electron chi connectivity index (χ3n) is 26.8. The summed E-state index contributed by atoms with van der Waals surface area (Å²) in [6.45, 7) is 2.93. The number of nitrogens with zero attached hydrogens (tertiary/aromatic N) is 6. The number of nitrogen functional groups attached to an aromatic ring is 3. The zero-order valence-corrected chi connectivity index (χ0v) is 83.8. The van der Waals surface area contributed by atoms with E-state index in [-0.39, 0.29) is 59.9 Å². The third kappa shape index (κ3) is 21.3. The maximum absolute atomic E-state index is 12.4. The number of thiazole rings is 3. The first-order chi connectivity index (χ1) is 62.9. The molecule has 22 rings (SSSR count). The highest BCUT2D eigenvalue weighted by atomic mass is 127. The van der Waals surface area contributed by atoms with Gasteiger partial charge in [0.1, 0.15) is 22.9 Å². The molecule has 24 nitrogen and oxygen atoms in total. The van der Waals surface area contributed by atoms with Crippen molar-refractivity contribution in [1.82, 2.24) is 30.6 Å². The number of carbonyl (C=O) groups excluding carboxylic acids is 5. The van der Waals surface area contributed by atoms with E-state index in [1.165, 1.54) is 116 Å². The monoisotopic (exact) mass is 2150 g/mol. The number of ether oxygens (including phenoxy) is 7. The lowest BCUT2D eigenvalue weighted by Gasteiger charge is -2.31. The molecular weight excluding hydrogens is 2050 g/mol. The Bertz CT molecular complexity index is 6100. The second-order valence-corrected chi connectivity index (χ2v) is 41.7. The Labute approximate surface area is 824 Å². The predicted molar refractivity (Wildman–Crippen MR) is 532 cm³/mol. The fraction of sp³-hybridized carbons (Fsp3) is 0.423. The van der Waals surface area contributed by atoms with Crippen LogP contribution in [0, 0.1) is 11.8 Å². The SMILES string of the molecule is COC(=O)c1cc(C2CCC2)c2nc(Br)sc2c1.COC(=O)c1cc(C2CCC2)c2nc(N)sc2c1.COC(=O)c1cc(C2CCC2)c2nc(N3C[C@@H]4C[C@H]3C[C@H]4OCc3c(-c4c(Cl)cccc4Cl)noc3C3CC3)sc2c1.COC(=O)c1ccc(N)c(Br)c1.COC(=O)c1ccc(N)c(C2CCC2)c1.Clc1cccc(Cl)c1-c1noc(C2CC2)c1CO[C@@H]1C[C@@H]2C[C@H]1CN2.I. The second-order valence-electron chi connectivity index (χ2n) is 34.9. The van der Waals surface area contributed by atoms with Gasteiger partial charge in [-0.3, -0.25) is 0 Å². The Hall–Kier alpha value is -8.09. The minimum atomic E-state index is -0.365. The van der Waals surface area contributed by atoms with Crippen molar-refractivity contribution in [3.63, 3.8) is 0 Å². The van der Waals surface area contributed by atoms with Gasteiger partial charge < -0.3 is 69.6 Å². The van der Waals surface area contributed by atoms with E-state index in [2.05, 4.69) is 71.8 Å². The molecule has 5 aromatic heterocycles. The molecule has 2 aliphatic heterocycles. The van der Waals surface area contributed by atoms with Gasteiger partial charge >= 0.3 is 29.8 Å². The standard InChI is InChI=1S/C32H31Cl2N3O4S.C19H20Cl2N2O2.C13H12BrNO2S.C13H14N2O2S.C12H15NO2.C8H8BrNO2.HI/c1-39-31(38)18-11-21(16-4-2-5-16)28-26(12-18)42-32(35-28)37-14-19-10-20(37)13-25(19)40-15-22-29(36-41-30(22)17-8-9-17)27-23(33)6-3-7-24(27)34;20-14-2-1-3-15(21)17(14)18-13(19(25-23-18)10-4-5-10)9-24-16-7-12-6-11(16)8-22-12;2*1-17-12(16)8-5-9(7-3-2-4-7)11-10(6-8)18-13(14)15-11;1-15-12(14)9-5-6-11(13)10(7-9)8-3-2-4-8;1-12-8(11)5-2-3-7(10)6(9)4-5;/h3,6-7,11-12,16-17,19-20,25H,2,4-5,8-10,13-15H2,1H3;1-3,10-12,16,22H,4-9H2;5-7H,2-4H2,1H3;5-7H,2-4H2,1H3,(H2,14,15);5-8H,2-4,13H2,1H3;2-4H,10H2,1H3;1H/t19-,20-,25+;11-,12-,16+;;;;;/m00...../s1. The first-order valence-corrected chi connectivity index (χ1v) is 49.7. The molecule has 4 bridgehead atoms. The van der Waals surface area contributed by atoms with Gasteiger partial charge in [-0.1, -0.05) is 117 Å². The summed E-state index contributed by atoms with van der Waals surface area (Å²) in [5.74, 6) is 4.32. The molecule has 8 aliphatic carbocycles. The summed E-state index contributed by atoms with van der Waals surface area (Å²) in [5, 5.41) is 16.2. The molecule has 12 aromatic rings. The molecule has 34 heteroatoms. The molecule has 2 saturated heterocycles. The number of anilines is 4. The van der Waals surface area contributed by atoms with Crippen LogP contribution in [0.4, 0.5) is 21.6 Å². The third-order valence-corrected chi connectivity index (χ3v) is 32.0. The number of fused-ring (bicyclic) bond motifs is 7. The van der Waals surface area contributed by atoms with Crippen LogP contribution in [0.1, 0.15) is 261 Å². The second kappa shape index (κ2) is 42.4. The molecule has 6 atom stereocenters. The number of aromatic nitrogens is 5. The lowest BCUT2D eigenvalue weighted by Crippen LogP contribution is -2.38. The van der Waals surface area contributed by atoms with Crippen LogP contribution in [0.3, 0.4) is 0 Å². The van der Waals surface area contributed by atoms with Crippen molar-refractivity contribution in [3.05, 3.63) is 210 Å². The Kier molecular flexibility index (Phi) is 31.1. The lowest BCUT2D eigenvalue weighted by atomic mass is 9.79. The lowest BCUT2D eigenvalue weighted by molar-refractivity contribution is 0.00912. The number of piperidine rings is 2. The quantitative estimate of drug-likeness (QED) is 0.0238. The number of nitrogens with one attached hydrogen (secondary N) is 1. The van der Waals surface area contributed by atoms with Crippen molar-refractivity contribution < 1.29 is 66.2 Å². The van der Waals surface area contributed by atoms with E-state index < -0.39 is 0 Å². The topological polar surface area (TPSA) is 334 Å². The van der Waals surface area contributed by atoms with Crippen molar-refractivity contribution in [2.24, 2.45) is 11.8 Å². The van der Waals surface area contributed by atoms with Gasteiger partial charge in [0, 0.05) is 81.0 Å². The van der Waals surface area contributed by atoms with Crippen LogP contribution < -0.4 is 27.4 Å². The van der Waals surface area contributed by atoms with E-state index in [9.17, 15) is 24.0 Å². The molecular formula is C97H101Br2Cl4IN10O14S3. The van der Waals surface area contributed by atoms with Gasteiger partial charge in [0.25, 0.3) is 0 Å². The van der Waals surface area contributed by atoms with Crippen molar-refractivity contribution >= 4 is 218 Å². The van der Waals surface area contributed by atoms with Crippen LogP contribution in [0.15, 0.2) is 127 Å². The van der Waals surface area contributed by atoms with Gasteiger partial charge in [-0.25, -0.2) is 38.9 Å². The molecule has 7 heterocycles. The van der Waals surface area contributed by atoms with Gasteiger partial charge in [0.2, 0.25) is 0 Å². The summed E-state index contributed by atoms with van der Waals surface area (Å²) in [6, 6.07) is 33.8. The number of methoxy groups -OCH3 is 5. The maximum atomic E-state index is 12.4. The Morgan fingerprint density at radius 2 is 0.870 bits per heavy atom. The summed E-state index contributed by atoms with van der Waals surface area (Å²) in [5.41, 5.74) is 34.0. The van der Waals surface area contributed by atoms with E-state index in [1.807, 2.05) is 78.9 Å². The van der Waals surface area contributed by atoms with Crippen molar-refractivity contribution in [2.45, 2.75) is 201 Å². The average Bonchev–Trinajstić information content (AvgIpc) is 1.59. The normalized spacial score (nSPS) is 19.9. The minimum absolute atomic E-state index is 0. The van der Waals surface area contributed by atoms with Crippen molar-refractivity contribution in [3.8, 4) is 22.5 Å². The summed E-state index contributed by atoms with van der Waals surface area (Å²) < 4.78 is 53.0. The number of halogens is 7. The van der Waals surface area contributed by atoms with Crippen LogP contribution in [0.2, 0.25) is 20.1 Å². The predicted octanol–water partition coefficient (Wildman–Crippen LogP) is 25.0. The molecule has 690 valence electrons. The highest BCUT2D eigenvalue weighted by Gasteiger charge is 2.48. The van der Waals surface area contributed by atoms with Crippen LogP contribution in [-0.2, 0) is 46.4 Å². The highest BCUT2D eigenvalue weighted by molar-refractivity contribution is 14.0. The zero-order chi connectivity index (χ0) is 90.9. The molecule has 131 heavy (non-hydrogen) atoms. The fourth-order valence-corrected chi connectivity index (χ4v) is 23.5. The molecule has 7 N–H and O–H groups in total. The first kappa shape index (κ1) is 96.0. The summed E-state index contributed by atoms with van der Waals surface area (Å²) in [6.07, 6.45) is 23.7. The summed E-state index contributed by atoms with van der Waals surface area (Å²) in [7, 11) is 6.98. The average molecular weight is 2160 g/mol. The number of esters is 5. The molecule has 10 aliphatic rings. The number of hydrogen-bond donors (Lipinski definition) is 4. The first-order valence-electron chi connectivity index (χ1n) is 44.1. The van der Waals surface area contributed by atoms with Crippen molar-refractivity contribution in [1.29, 1.82) is 0 Å². The molecule has 8 saturated carbocycles. The van der Waals surface area contributed by atoms with Gasteiger partial charge in [0.15, 0.2) is 14.2 Å². The Balaban J connectivity index is 0.000000122. The molecule has 0 spiro atoms. The molecule has 7 aromatic carbocycles. The Morgan fingerprint density at radius 3 is 1.28 bits per heavy atom. The maximum Gasteiger partial charge on any atom is 0.337 e. The zero-order valence-electron chi connectivity index (χ0n) is 72.8. The molecule has 0 amide bonds. The van der Waals surface area contributed by atoms with E-state index >= 15 is 0 Å². The molecule has 0 radical (unpaired) electrons. The van der Waals surface area contributed by atoms with Gasteiger partial charge in [0.05, 0.1) is 140 Å². The van der Waals surface area contributed by atoms with Crippen LogP contribution >= 0.6 is 136 Å². The number of carbonyl (C=O) groups is 5. The van der Waals surface area contributed by atoms with E-state index in [0.717, 1.165) is 174 Å². The number of hydrogen-bond acceptors (Lipinski definition) is 27. The van der Waals surface area contributed by atoms with Crippen LogP contribution in [0.5, 0.6) is 0 Å². The minimum Gasteiger partial charge on any atom is -0.465 e. The van der Waals surface area contributed by atoms with Crippen LogP contribution in [-0.4, -0.2) is 128 Å². The van der Waals surface area contributed by atoms with Crippen molar-refractivity contribution in [2.75, 3.05) is 70.7 Å². The number of nitrogens with two attached hydrogens (primary N) is 3. The molecule has 0 unspecified atom stereocenters. The summed E-state index contributed by atoms with van der Waals surface area (Å²) in [4.78, 5) is 74.6. The number of rotatable bonds is 20. The van der Waals surface area contributed by atoms with Gasteiger partial charge in [-0.2, -0.15) is 0 Å². The largest absolute Gasteiger partial charge is 0.465 e. The smallest absolute Gasteiger partial charge is 0.337 e. The molecule has 10 fully saturated rings. The fourth-order valence-electron chi connectivity index (χ4n) is 18.5. The van der Waals surface area contributed by atoms with E-state index in [4.69, 9.17) is 101 Å². The van der Waals surface area contributed by atoms with Gasteiger partial charge in [-0.15, -0.1) is 35.3 Å². The van der Waals surface area contributed by atoms with Gasteiger partial charge in [-0.05, 0) is 283 Å². The van der Waals surface area contributed by atoms with Crippen LogP contribution in [0.25, 0.3) is 53.2 Å². The number of benzene rings is 7. The van der Waals surface area contributed by atoms with E-state index in [0.29, 0.717) is 153 Å². The Morgan fingerprint density at radius 1 is 0.458 bits per heavy atom. The highest BCUT2D eigenvalue weighted by Crippen LogP contribution is 2.53. The summed E-state index contributed by atoms with van der Waals surface area (Å²) >= 11 is 37.2. The van der Waals surface area contributed by atoms with E-state index in [1.54, 1.807) is 53.0 Å².